The molecule has 5 aliphatic heterocycles. The van der Waals surface area contributed by atoms with Gasteiger partial charge in [-0.25, -0.2) is 43.1 Å². The number of anilines is 6. The van der Waals surface area contributed by atoms with Crippen LogP contribution in [-0.4, -0.2) is 143 Å². The maximum absolute atomic E-state index is 15.6. The maximum atomic E-state index is 15.6. The molecular weight excluding hydrogens is 1290 g/mol. The summed E-state index contributed by atoms with van der Waals surface area (Å²) in [7, 11) is 1.98. The summed E-state index contributed by atoms with van der Waals surface area (Å²) in [6, 6.07) is 38.8. The first-order valence-corrected chi connectivity index (χ1v) is 38.4. The topological polar surface area (TPSA) is 157 Å². The van der Waals surface area contributed by atoms with Crippen LogP contribution in [0.25, 0.3) is 32.7 Å². The molecule has 542 valence electrons. The normalized spacial score (nSPS) is 21.1. The molecular formula is C85H103F3N12O3. The average Bonchev–Trinajstić information content (AvgIpc) is 1.74. The molecule has 0 spiro atoms. The van der Waals surface area contributed by atoms with E-state index in [9.17, 15) is 15.3 Å². The van der Waals surface area contributed by atoms with Gasteiger partial charge in [0, 0.05) is 112 Å². The number of hydrogen-bond donors (Lipinski definition) is 3. The minimum atomic E-state index is -1.40. The van der Waals surface area contributed by atoms with Gasteiger partial charge < -0.3 is 44.7 Å². The van der Waals surface area contributed by atoms with Gasteiger partial charge in [0.15, 0.2) is 34.5 Å². The molecule has 6 aromatic carbocycles. The molecule has 3 aromatic heterocycles. The van der Waals surface area contributed by atoms with E-state index in [-0.39, 0.29) is 18.8 Å². The molecule has 15 nitrogen and oxygen atoms in total. The molecule has 17 rings (SSSR count). The molecule has 8 heterocycles. The zero-order valence-corrected chi connectivity index (χ0v) is 61.4. The summed E-state index contributed by atoms with van der Waals surface area (Å²) in [6.45, 7) is 21.7. The number of aliphatic hydroxyl groups is 3. The Morgan fingerprint density at radius 3 is 1.02 bits per heavy atom. The van der Waals surface area contributed by atoms with Crippen LogP contribution in [0, 0.1) is 41.5 Å². The number of β-amino-alcohol motifs (C(OH)–C–C–N with tert-alkyl or cyclic N) is 2. The minimum absolute atomic E-state index is 0.0899. The van der Waals surface area contributed by atoms with Gasteiger partial charge in [-0.05, 0) is 248 Å². The summed E-state index contributed by atoms with van der Waals surface area (Å²) in [5.41, 5.74) is 13.1. The third-order valence-electron chi connectivity index (χ3n) is 24.3. The van der Waals surface area contributed by atoms with Crippen molar-refractivity contribution in [3.63, 3.8) is 0 Å². The van der Waals surface area contributed by atoms with E-state index in [1.807, 2.05) is 18.9 Å². The number of piperidine rings is 3. The fourth-order valence-corrected chi connectivity index (χ4v) is 17.4. The molecule has 5 saturated heterocycles. The van der Waals surface area contributed by atoms with Gasteiger partial charge in [0.25, 0.3) is 0 Å². The van der Waals surface area contributed by atoms with E-state index in [1.54, 1.807) is 0 Å². The van der Waals surface area contributed by atoms with Crippen LogP contribution in [0.3, 0.4) is 0 Å². The van der Waals surface area contributed by atoms with E-state index in [0.717, 1.165) is 200 Å². The summed E-state index contributed by atoms with van der Waals surface area (Å²) in [5, 5.41) is 32.5. The Labute approximate surface area is 605 Å². The van der Waals surface area contributed by atoms with Crippen molar-refractivity contribution in [3.05, 3.63) is 177 Å². The molecule has 8 aliphatic rings. The Kier molecular flexibility index (Phi) is 19.9. The first-order chi connectivity index (χ1) is 49.7. The number of halogens is 3. The lowest BCUT2D eigenvalue weighted by Crippen LogP contribution is -2.36. The van der Waals surface area contributed by atoms with Gasteiger partial charge in [-0.15, -0.1) is 0 Å². The fraction of sp³-hybridized carbons (Fsp3) is 0.506. The second-order valence-corrected chi connectivity index (χ2v) is 31.5. The van der Waals surface area contributed by atoms with Crippen LogP contribution in [0.5, 0.6) is 0 Å². The second kappa shape index (κ2) is 29.0. The van der Waals surface area contributed by atoms with E-state index in [1.165, 1.54) is 33.4 Å². The predicted molar refractivity (Wildman–Crippen MR) is 410 cm³/mol. The second-order valence-electron chi connectivity index (χ2n) is 31.5. The summed E-state index contributed by atoms with van der Waals surface area (Å²) in [4.78, 5) is 42.5. The van der Waals surface area contributed by atoms with Crippen LogP contribution in [0.4, 0.5) is 47.7 Å². The van der Waals surface area contributed by atoms with Gasteiger partial charge in [-0.1, -0.05) is 72.8 Å². The SMILES string of the molecule is Cc1ccccc1C1CCN(c2nc(C3(F)CC3)nc3c(C)cc(N4CC[C@H](O)C4)cc23)CC1.Cc1ccccc1C1CCN(c2nc(C3(F)CCC3)nc3c(C)cc(N(C)CCO)cc23)CC1.Cc1ccccc1C1CCN(c2nc(C3(F)CCC3)nc3c(C)cc(N4CC[C@H](O)C4)cc23)CC1. The van der Waals surface area contributed by atoms with Crippen molar-refractivity contribution in [2.45, 2.75) is 191 Å². The van der Waals surface area contributed by atoms with E-state index < -0.39 is 17.0 Å². The summed E-state index contributed by atoms with van der Waals surface area (Å²) in [5.74, 6) is 5.29. The van der Waals surface area contributed by atoms with Crippen LogP contribution in [0.15, 0.2) is 109 Å². The number of alkyl halides is 3. The van der Waals surface area contributed by atoms with Gasteiger partial charge in [-0.3, -0.25) is 0 Å². The highest BCUT2D eigenvalue weighted by molar-refractivity contribution is 5.97. The number of aromatic nitrogens is 6. The van der Waals surface area contributed by atoms with Crippen molar-refractivity contribution in [2.75, 3.05) is 115 Å². The Morgan fingerprint density at radius 2 is 0.718 bits per heavy atom. The number of rotatable bonds is 14. The lowest BCUT2D eigenvalue weighted by Gasteiger charge is -2.36. The summed E-state index contributed by atoms with van der Waals surface area (Å²) in [6.07, 6.45) is 12.2. The monoisotopic (exact) mass is 1400 g/mol. The van der Waals surface area contributed by atoms with E-state index in [0.29, 0.717) is 93.4 Å². The summed E-state index contributed by atoms with van der Waals surface area (Å²) < 4.78 is 46.2. The molecule has 0 amide bonds. The molecule has 8 fully saturated rings. The van der Waals surface area contributed by atoms with E-state index >= 15 is 13.2 Å². The molecule has 0 radical (unpaired) electrons. The molecule has 9 aromatic rings. The predicted octanol–water partition coefficient (Wildman–Crippen LogP) is 16.1. The van der Waals surface area contributed by atoms with Crippen molar-refractivity contribution in [2.24, 2.45) is 0 Å². The number of fused-ring (bicyclic) bond motifs is 3. The number of hydrogen-bond acceptors (Lipinski definition) is 15. The van der Waals surface area contributed by atoms with Crippen LogP contribution >= 0.6 is 0 Å². The van der Waals surface area contributed by atoms with Gasteiger partial charge >= 0.3 is 0 Å². The third kappa shape index (κ3) is 14.3. The van der Waals surface area contributed by atoms with Crippen LogP contribution in [-0.2, 0) is 17.0 Å². The van der Waals surface area contributed by atoms with Crippen LogP contribution in [0.2, 0.25) is 0 Å². The van der Waals surface area contributed by atoms with Gasteiger partial charge in [0.1, 0.15) is 17.5 Å². The van der Waals surface area contributed by atoms with Crippen LogP contribution in [0.1, 0.15) is 188 Å². The highest BCUT2D eigenvalue weighted by Gasteiger charge is 2.49. The third-order valence-corrected chi connectivity index (χ3v) is 24.3. The average molecular weight is 1400 g/mol. The molecule has 3 aliphatic carbocycles. The lowest BCUT2D eigenvalue weighted by atomic mass is 9.81. The number of nitrogens with zero attached hydrogens (tertiary/aromatic N) is 12. The fourth-order valence-electron chi connectivity index (χ4n) is 17.4. The molecule has 103 heavy (non-hydrogen) atoms. The van der Waals surface area contributed by atoms with E-state index in [4.69, 9.17) is 29.9 Å². The van der Waals surface area contributed by atoms with Gasteiger partial charge in [0.05, 0.1) is 35.4 Å². The Balaban J connectivity index is 0.000000125. The van der Waals surface area contributed by atoms with Gasteiger partial charge in [0.2, 0.25) is 0 Å². The molecule has 3 N–H and O–H groups in total. The highest BCUT2D eigenvalue weighted by Crippen LogP contribution is 2.51. The smallest absolute Gasteiger partial charge is 0.170 e. The molecule has 18 heteroatoms. The van der Waals surface area contributed by atoms with Crippen molar-refractivity contribution >= 4 is 67.2 Å². The standard InChI is InChI=1S/C29H35FN4O.C28H33FN4O.C28H35FN4O/c1-19-6-3-4-7-24(19)21-8-13-33(14-9-21)27-25-17-22(34-15-10-23(35)18-34)16-20(2)26(25)31-28(32-27)29(30)11-5-12-29;1-18-5-3-4-6-23(18)20-7-12-32(13-8-20)26-24-16-21(33-14-9-22(34)17-33)15-19(2)25(24)30-27(31-26)28(29)10-11-28;1-19-7-4-5-8-23(19)21-9-13-33(14-10-21)26-24-18-22(32(3)15-16-34)17-20(2)25(24)30-27(31-26)28(29)11-6-12-28/h3-4,6-7,16-17,21,23,35H,5,8-15,18H2,1-2H3;3-6,15-16,20,22,34H,7-14,17H2,1-2H3;4-5,7-8,17-18,21,34H,6,9-16H2,1-3H3/t23-;22-;/m00./s1. The quantitative estimate of drug-likeness (QED) is 0.0944. The molecule has 0 bridgehead atoms. The van der Waals surface area contributed by atoms with Crippen molar-refractivity contribution < 1.29 is 28.5 Å². The Hall–Kier alpha value is -8.19. The minimum Gasteiger partial charge on any atom is -0.395 e. The van der Waals surface area contributed by atoms with Crippen molar-refractivity contribution in [3.8, 4) is 0 Å². The Bertz CT molecular complexity index is 4580. The first-order valence-electron chi connectivity index (χ1n) is 38.4. The van der Waals surface area contributed by atoms with Crippen molar-refractivity contribution in [1.29, 1.82) is 0 Å². The largest absolute Gasteiger partial charge is 0.395 e. The number of aryl methyl sites for hydroxylation is 6. The number of benzene rings is 6. The molecule has 2 atom stereocenters. The number of aliphatic hydroxyl groups excluding tert-OH is 3. The highest BCUT2D eigenvalue weighted by atomic mass is 19.2. The molecule has 3 saturated carbocycles. The Morgan fingerprint density at radius 1 is 0.398 bits per heavy atom. The summed E-state index contributed by atoms with van der Waals surface area (Å²) >= 11 is 0. The zero-order chi connectivity index (χ0) is 71.5. The van der Waals surface area contributed by atoms with Crippen LogP contribution < -0.4 is 29.4 Å². The molecule has 0 unspecified atom stereocenters. The number of likely N-dealkylation sites (N-methyl/N-ethyl adjacent to an activating group) is 1. The van der Waals surface area contributed by atoms with Gasteiger partial charge in [-0.2, -0.15) is 0 Å². The van der Waals surface area contributed by atoms with E-state index in [2.05, 4.69) is 168 Å². The first kappa shape index (κ1) is 70.5. The zero-order valence-electron chi connectivity index (χ0n) is 61.4. The maximum Gasteiger partial charge on any atom is 0.170 e. The van der Waals surface area contributed by atoms with Crippen molar-refractivity contribution in [1.82, 2.24) is 29.9 Å². The lowest BCUT2D eigenvalue weighted by molar-refractivity contribution is 0.0510.